The second kappa shape index (κ2) is 14.3. The molecule has 2 fully saturated rings. The van der Waals surface area contributed by atoms with Gasteiger partial charge >= 0.3 is 0 Å². The fourth-order valence-corrected chi connectivity index (χ4v) is 8.52. The zero-order valence-corrected chi connectivity index (χ0v) is 29.2. The molecule has 3 atom stereocenters. The molecule has 0 radical (unpaired) electrons. The summed E-state index contributed by atoms with van der Waals surface area (Å²) in [5.41, 5.74) is 7.20. The highest BCUT2D eigenvalue weighted by molar-refractivity contribution is 6.23. The first-order chi connectivity index (χ1) is 25.3. The number of allylic oxidation sites excluding steroid dienone is 1. The highest BCUT2D eigenvalue weighted by atomic mass is 16.5. The highest BCUT2D eigenvalue weighted by Crippen LogP contribution is 2.47. The lowest BCUT2D eigenvalue weighted by Gasteiger charge is -2.35. The van der Waals surface area contributed by atoms with E-state index in [1.54, 1.807) is 18.2 Å². The lowest BCUT2D eigenvalue weighted by Crippen LogP contribution is -2.51. The van der Waals surface area contributed by atoms with Gasteiger partial charge in [-0.15, -0.1) is 0 Å². The summed E-state index contributed by atoms with van der Waals surface area (Å²) in [6, 6.07) is 29.8. The number of amides is 3. The van der Waals surface area contributed by atoms with Crippen LogP contribution >= 0.6 is 0 Å². The second-order valence-corrected chi connectivity index (χ2v) is 14.5. The molecule has 1 aliphatic carbocycles. The number of imide groups is 1. The van der Waals surface area contributed by atoms with E-state index in [0.717, 1.165) is 61.7 Å². The van der Waals surface area contributed by atoms with Crippen LogP contribution in [0.2, 0.25) is 0 Å². The Labute approximate surface area is 304 Å². The molecule has 2 saturated heterocycles. The van der Waals surface area contributed by atoms with Crippen LogP contribution in [-0.4, -0.2) is 71.0 Å². The number of phenols is 1. The molecule has 1 unspecified atom stereocenters. The van der Waals surface area contributed by atoms with E-state index in [1.807, 2.05) is 12.1 Å². The number of rotatable bonds is 9. The van der Waals surface area contributed by atoms with Crippen molar-refractivity contribution in [3.63, 3.8) is 0 Å². The van der Waals surface area contributed by atoms with Gasteiger partial charge in [0.25, 0.3) is 11.8 Å². The van der Waals surface area contributed by atoms with Crippen molar-refractivity contribution in [2.75, 3.05) is 31.6 Å². The number of ether oxygens (including phenoxy) is 1. The van der Waals surface area contributed by atoms with Gasteiger partial charge in [-0.2, -0.15) is 0 Å². The van der Waals surface area contributed by atoms with E-state index in [9.17, 15) is 19.5 Å². The maximum Gasteiger partial charge on any atom is 0.262 e. The summed E-state index contributed by atoms with van der Waals surface area (Å²) in [5, 5.41) is 16.4. The van der Waals surface area contributed by atoms with Crippen molar-refractivity contribution in [1.29, 1.82) is 0 Å². The number of hydrogen-bond donors (Lipinski definition) is 3. The van der Waals surface area contributed by atoms with Gasteiger partial charge in [0.2, 0.25) is 5.91 Å². The third-order valence-electron chi connectivity index (χ3n) is 11.2. The summed E-state index contributed by atoms with van der Waals surface area (Å²) in [4.78, 5) is 42.4. The molecular weight excluding hydrogens is 652 g/mol. The summed E-state index contributed by atoms with van der Waals surface area (Å²) in [7, 11) is 0. The monoisotopic (exact) mass is 696 g/mol. The third-order valence-corrected chi connectivity index (χ3v) is 11.2. The number of fused-ring (bicyclic) bond motifs is 2. The average Bonchev–Trinajstić information content (AvgIpc) is 3.40. The number of hydrogen-bond acceptors (Lipinski definition) is 7. The van der Waals surface area contributed by atoms with Crippen LogP contribution in [0, 0.1) is 0 Å². The topological polar surface area (TPSA) is 111 Å². The number of aryl methyl sites for hydroxylation is 1. The number of aromatic hydroxyl groups is 1. The Balaban J connectivity index is 0.835. The number of likely N-dealkylation sites (tertiary alicyclic amines) is 1. The molecule has 3 amide bonds. The van der Waals surface area contributed by atoms with Gasteiger partial charge in [-0.1, -0.05) is 55.1 Å². The summed E-state index contributed by atoms with van der Waals surface area (Å²) in [6.07, 6.45) is 4.79. The van der Waals surface area contributed by atoms with Crippen LogP contribution in [-0.2, 0) is 11.2 Å². The fourth-order valence-electron chi connectivity index (χ4n) is 8.52. The van der Waals surface area contributed by atoms with E-state index >= 15 is 0 Å². The predicted octanol–water partition coefficient (Wildman–Crippen LogP) is 6.60. The van der Waals surface area contributed by atoms with Crippen LogP contribution in [0.25, 0.3) is 0 Å². The molecule has 9 heteroatoms. The minimum atomic E-state index is -0.814. The van der Waals surface area contributed by atoms with Crippen molar-refractivity contribution in [3.05, 3.63) is 137 Å². The van der Waals surface area contributed by atoms with Crippen molar-refractivity contribution >= 4 is 23.4 Å². The molecule has 4 aromatic rings. The number of carbonyl (C=O) groups is 3. The Kier molecular flexibility index (Phi) is 9.28. The van der Waals surface area contributed by atoms with E-state index in [2.05, 4.69) is 82.8 Å². The Hall–Kier alpha value is -5.41. The Morgan fingerprint density at radius 1 is 0.808 bits per heavy atom. The van der Waals surface area contributed by atoms with Crippen molar-refractivity contribution < 1.29 is 24.2 Å². The minimum absolute atomic E-state index is 0.205. The van der Waals surface area contributed by atoms with Gasteiger partial charge in [0, 0.05) is 43.0 Å². The number of nitrogens with zero attached hydrogens (tertiary/aromatic N) is 2. The van der Waals surface area contributed by atoms with E-state index in [0.29, 0.717) is 47.9 Å². The van der Waals surface area contributed by atoms with Gasteiger partial charge < -0.3 is 20.5 Å². The van der Waals surface area contributed by atoms with Crippen molar-refractivity contribution in [1.82, 2.24) is 15.1 Å². The van der Waals surface area contributed by atoms with Crippen molar-refractivity contribution in [2.24, 2.45) is 0 Å². The summed E-state index contributed by atoms with van der Waals surface area (Å²) >= 11 is 0. The van der Waals surface area contributed by atoms with Crippen LogP contribution in [0.1, 0.15) is 86.9 Å². The van der Waals surface area contributed by atoms with E-state index in [1.165, 1.54) is 22.3 Å². The molecule has 0 saturated carbocycles. The Morgan fingerprint density at radius 3 is 2.35 bits per heavy atom. The number of piperidine rings is 2. The van der Waals surface area contributed by atoms with Crippen LogP contribution < -0.4 is 15.4 Å². The molecule has 3 heterocycles. The Bertz CT molecular complexity index is 2000. The molecule has 0 spiro atoms. The molecule has 3 N–H and O–H groups in total. The number of benzene rings is 4. The zero-order valence-electron chi connectivity index (χ0n) is 29.2. The lowest BCUT2D eigenvalue weighted by atomic mass is 9.69. The first-order valence-electron chi connectivity index (χ1n) is 18.4. The number of phenolic OH excluding ortho intramolecular Hbond substituents is 1. The standard InChI is InChI=1S/C43H44N4O5/c1-27-7-18-39(41(49)44-27)47-42(50)37-16-11-32(26-38(37)43(47)51)45-31-19-21-46(22-20-31)23-24-52-34-13-8-29(9-14-34)40-35(28-5-3-2-4-6-28)15-10-30-25-33(48)12-17-36(30)40/h2-6,8-9,11-14,16-17,25-26,31,35,39-40,45,48H,1,7,10,15,18-24H2,(H,44,49)/t35-,39?,40+/m1/s1. The number of nitrogens with one attached hydrogen (secondary N) is 2. The third kappa shape index (κ3) is 6.68. The first-order valence-corrected chi connectivity index (χ1v) is 18.4. The normalized spacial score (nSPS) is 22.2. The fraction of sp³-hybridized carbons (Fsp3) is 0.326. The molecule has 52 heavy (non-hydrogen) atoms. The maximum absolute atomic E-state index is 13.3. The predicted molar refractivity (Wildman–Crippen MR) is 200 cm³/mol. The highest BCUT2D eigenvalue weighted by Gasteiger charge is 2.44. The van der Waals surface area contributed by atoms with E-state index in [4.69, 9.17) is 4.74 Å². The van der Waals surface area contributed by atoms with Gasteiger partial charge in [-0.3, -0.25) is 24.2 Å². The molecular formula is C43H44N4O5. The SMILES string of the molecule is C=C1CCC(N2C(=O)c3ccc(NC4CCN(CCOc5ccc([C@@H]6c7ccc(O)cc7CC[C@@H]6c6ccccc6)cc5)CC4)cc3C2=O)C(=O)N1. The molecule has 4 aromatic carbocycles. The molecule has 4 aliphatic rings. The van der Waals surface area contributed by atoms with Crippen LogP contribution in [0.3, 0.4) is 0 Å². The number of carbonyl (C=O) groups excluding carboxylic acids is 3. The summed E-state index contributed by atoms with van der Waals surface area (Å²) in [5.74, 6) is 0.549. The van der Waals surface area contributed by atoms with Crippen molar-refractivity contribution in [3.8, 4) is 11.5 Å². The molecule has 8 rings (SSSR count). The minimum Gasteiger partial charge on any atom is -0.508 e. The average molecular weight is 697 g/mol. The second-order valence-electron chi connectivity index (χ2n) is 14.5. The summed E-state index contributed by atoms with van der Waals surface area (Å²) < 4.78 is 6.21. The molecule has 266 valence electrons. The maximum atomic E-state index is 13.3. The number of anilines is 1. The smallest absolute Gasteiger partial charge is 0.262 e. The van der Waals surface area contributed by atoms with E-state index in [-0.39, 0.29) is 17.9 Å². The summed E-state index contributed by atoms with van der Waals surface area (Å²) in [6.45, 7) is 7.07. The van der Waals surface area contributed by atoms with Crippen molar-refractivity contribution in [2.45, 2.75) is 62.4 Å². The van der Waals surface area contributed by atoms with Crippen LogP contribution in [0.4, 0.5) is 5.69 Å². The van der Waals surface area contributed by atoms with Gasteiger partial charge in [0.05, 0.1) is 11.1 Å². The molecule has 3 aliphatic heterocycles. The largest absolute Gasteiger partial charge is 0.508 e. The molecule has 0 bridgehead atoms. The van der Waals surface area contributed by atoms with Gasteiger partial charge in [-0.25, -0.2) is 0 Å². The van der Waals surface area contributed by atoms with Gasteiger partial charge in [0.15, 0.2) is 0 Å². The zero-order chi connectivity index (χ0) is 35.8. The molecule has 0 aromatic heterocycles. The van der Waals surface area contributed by atoms with Gasteiger partial charge in [0.1, 0.15) is 24.1 Å². The van der Waals surface area contributed by atoms with E-state index < -0.39 is 17.9 Å². The first kappa shape index (κ1) is 33.7. The quantitative estimate of drug-likeness (QED) is 0.169. The van der Waals surface area contributed by atoms with Crippen LogP contribution in [0.5, 0.6) is 11.5 Å². The molecule has 9 nitrogen and oxygen atoms in total. The van der Waals surface area contributed by atoms with Gasteiger partial charge in [-0.05, 0) is 109 Å². The lowest BCUT2D eigenvalue weighted by molar-refractivity contribution is -0.125. The van der Waals surface area contributed by atoms with Crippen LogP contribution in [0.15, 0.2) is 103 Å². The Morgan fingerprint density at radius 2 is 1.58 bits per heavy atom.